The van der Waals surface area contributed by atoms with E-state index < -0.39 is 9.84 Å². The van der Waals surface area contributed by atoms with Crippen LogP contribution in [-0.4, -0.2) is 34.7 Å². The molecule has 0 aliphatic carbocycles. The van der Waals surface area contributed by atoms with Gasteiger partial charge in [0.2, 0.25) is 0 Å². The van der Waals surface area contributed by atoms with Gasteiger partial charge in [0.05, 0.1) is 17.2 Å². The third-order valence-electron chi connectivity index (χ3n) is 4.43. The van der Waals surface area contributed by atoms with Gasteiger partial charge in [-0.15, -0.1) is 0 Å². The Kier molecular flexibility index (Phi) is 4.76. The molecule has 6 heteroatoms. The largest absolute Gasteiger partial charge is 0.229 e. The summed E-state index contributed by atoms with van der Waals surface area (Å²) in [6.45, 7) is 6.36. The van der Waals surface area contributed by atoms with Crippen LogP contribution in [0.3, 0.4) is 0 Å². The Morgan fingerprint density at radius 2 is 1.96 bits per heavy atom. The van der Waals surface area contributed by atoms with Gasteiger partial charge in [-0.3, -0.25) is 0 Å². The maximum absolute atomic E-state index is 11.7. The second-order valence-corrected chi connectivity index (χ2v) is 9.46. The summed E-state index contributed by atoms with van der Waals surface area (Å²) in [5, 5.41) is 4.73. The first-order valence-corrected chi connectivity index (χ1v) is 10.4. The molecule has 130 valence electrons. The van der Waals surface area contributed by atoms with Crippen LogP contribution >= 0.6 is 0 Å². The molecule has 0 radical (unpaired) electrons. The minimum absolute atomic E-state index is 0.155. The van der Waals surface area contributed by atoms with E-state index in [1.807, 2.05) is 16.8 Å². The Hall–Kier alpha value is -1.69. The SMILES string of the molecule is Cc1cccc(-n2nc(CC(C)C)nc2C2CCS(=O)(=O)CC2)c1. The van der Waals surface area contributed by atoms with E-state index in [0.29, 0.717) is 18.8 Å². The monoisotopic (exact) mass is 347 g/mol. The molecule has 0 amide bonds. The zero-order valence-corrected chi connectivity index (χ0v) is 15.4. The number of aromatic nitrogens is 3. The van der Waals surface area contributed by atoms with Gasteiger partial charge in [0.15, 0.2) is 5.82 Å². The lowest BCUT2D eigenvalue weighted by Gasteiger charge is -2.21. The summed E-state index contributed by atoms with van der Waals surface area (Å²) in [5.74, 6) is 2.89. The highest BCUT2D eigenvalue weighted by atomic mass is 32.2. The minimum Gasteiger partial charge on any atom is -0.229 e. The standard InChI is InChI=1S/C18H25N3O2S/c1-13(2)11-17-19-18(15-7-9-24(22,23)10-8-15)21(20-17)16-6-4-5-14(3)12-16/h4-6,12-13,15H,7-11H2,1-3H3. The molecule has 1 fully saturated rings. The van der Waals surface area contributed by atoms with Crippen LogP contribution in [0.25, 0.3) is 5.69 Å². The van der Waals surface area contributed by atoms with Crippen molar-refractivity contribution in [2.45, 2.75) is 46.0 Å². The van der Waals surface area contributed by atoms with Crippen molar-refractivity contribution in [1.82, 2.24) is 14.8 Å². The fraction of sp³-hybridized carbons (Fsp3) is 0.556. The normalized spacial score (nSPS) is 18.2. The molecule has 1 saturated heterocycles. The van der Waals surface area contributed by atoms with E-state index in [0.717, 1.165) is 23.8 Å². The van der Waals surface area contributed by atoms with Crippen molar-refractivity contribution in [3.8, 4) is 5.69 Å². The van der Waals surface area contributed by atoms with E-state index in [-0.39, 0.29) is 17.4 Å². The fourth-order valence-electron chi connectivity index (χ4n) is 3.18. The molecule has 1 aromatic carbocycles. The first-order valence-electron chi connectivity index (χ1n) is 8.57. The molecule has 2 heterocycles. The summed E-state index contributed by atoms with van der Waals surface area (Å²) in [4.78, 5) is 4.78. The number of benzene rings is 1. The molecule has 0 spiro atoms. The third kappa shape index (κ3) is 3.86. The summed E-state index contributed by atoms with van der Waals surface area (Å²) in [7, 11) is -2.88. The fourth-order valence-corrected chi connectivity index (χ4v) is 4.67. The summed E-state index contributed by atoms with van der Waals surface area (Å²) in [5.41, 5.74) is 2.17. The van der Waals surface area contributed by atoms with Crippen molar-refractivity contribution in [3.63, 3.8) is 0 Å². The molecule has 0 bridgehead atoms. The summed E-state index contributed by atoms with van der Waals surface area (Å²) >= 11 is 0. The quantitative estimate of drug-likeness (QED) is 0.852. The molecule has 2 aromatic rings. The van der Waals surface area contributed by atoms with E-state index in [2.05, 4.69) is 32.9 Å². The molecule has 1 aliphatic heterocycles. The number of sulfone groups is 1. The summed E-state index contributed by atoms with van der Waals surface area (Å²) in [6.07, 6.45) is 2.10. The van der Waals surface area contributed by atoms with Crippen LogP contribution < -0.4 is 0 Å². The first kappa shape index (κ1) is 17.1. The first-order chi connectivity index (χ1) is 11.3. The zero-order chi connectivity index (χ0) is 17.3. The smallest absolute Gasteiger partial charge is 0.151 e. The molecule has 3 rings (SSSR count). The van der Waals surface area contributed by atoms with Crippen LogP contribution in [0.1, 0.15) is 49.8 Å². The van der Waals surface area contributed by atoms with Crippen LogP contribution in [0.15, 0.2) is 24.3 Å². The Morgan fingerprint density at radius 3 is 2.58 bits per heavy atom. The van der Waals surface area contributed by atoms with Gasteiger partial charge >= 0.3 is 0 Å². The lowest BCUT2D eigenvalue weighted by Crippen LogP contribution is -2.24. The molecule has 0 N–H and O–H groups in total. The maximum atomic E-state index is 11.7. The summed E-state index contributed by atoms with van der Waals surface area (Å²) in [6, 6.07) is 8.20. The molecular weight excluding hydrogens is 322 g/mol. The van der Waals surface area contributed by atoms with Crippen molar-refractivity contribution in [2.75, 3.05) is 11.5 Å². The summed E-state index contributed by atoms with van der Waals surface area (Å²) < 4.78 is 25.4. The van der Waals surface area contributed by atoms with Crippen LogP contribution in [0.5, 0.6) is 0 Å². The number of nitrogens with zero attached hydrogens (tertiary/aromatic N) is 3. The molecule has 1 aliphatic rings. The average Bonchev–Trinajstić information content (AvgIpc) is 2.90. The topological polar surface area (TPSA) is 64.8 Å². The van der Waals surface area contributed by atoms with E-state index in [1.54, 1.807) is 0 Å². The van der Waals surface area contributed by atoms with Gasteiger partial charge in [0.1, 0.15) is 15.7 Å². The van der Waals surface area contributed by atoms with Crippen LogP contribution in [0.2, 0.25) is 0 Å². The van der Waals surface area contributed by atoms with Crippen molar-refractivity contribution < 1.29 is 8.42 Å². The van der Waals surface area contributed by atoms with Gasteiger partial charge in [-0.25, -0.2) is 18.1 Å². The van der Waals surface area contributed by atoms with E-state index >= 15 is 0 Å². The number of hydrogen-bond donors (Lipinski definition) is 0. The van der Waals surface area contributed by atoms with Gasteiger partial charge in [-0.05, 0) is 43.4 Å². The molecule has 5 nitrogen and oxygen atoms in total. The molecule has 1 aromatic heterocycles. The van der Waals surface area contributed by atoms with Crippen LogP contribution in [-0.2, 0) is 16.3 Å². The Labute approximate surface area is 144 Å². The molecule has 0 saturated carbocycles. The Bertz CT molecular complexity index is 811. The molecule has 0 atom stereocenters. The molecular formula is C18H25N3O2S. The molecule has 0 unspecified atom stereocenters. The van der Waals surface area contributed by atoms with Gasteiger partial charge in [0, 0.05) is 12.3 Å². The highest BCUT2D eigenvalue weighted by Gasteiger charge is 2.29. The van der Waals surface area contributed by atoms with Crippen LogP contribution in [0.4, 0.5) is 0 Å². The highest BCUT2D eigenvalue weighted by molar-refractivity contribution is 7.91. The Balaban J connectivity index is 1.98. The van der Waals surface area contributed by atoms with Gasteiger partial charge in [0.25, 0.3) is 0 Å². The van der Waals surface area contributed by atoms with Gasteiger partial charge in [-0.2, -0.15) is 5.10 Å². The van der Waals surface area contributed by atoms with E-state index in [4.69, 9.17) is 10.1 Å². The highest BCUT2D eigenvalue weighted by Crippen LogP contribution is 2.30. The van der Waals surface area contributed by atoms with E-state index in [9.17, 15) is 8.42 Å². The Morgan fingerprint density at radius 1 is 1.25 bits per heavy atom. The van der Waals surface area contributed by atoms with Gasteiger partial charge in [-0.1, -0.05) is 26.0 Å². The van der Waals surface area contributed by atoms with Crippen molar-refractivity contribution in [1.29, 1.82) is 0 Å². The predicted molar refractivity (Wildman–Crippen MR) is 95.3 cm³/mol. The minimum atomic E-state index is -2.88. The predicted octanol–water partition coefficient (Wildman–Crippen LogP) is 3.07. The molecule has 24 heavy (non-hydrogen) atoms. The second-order valence-electron chi connectivity index (χ2n) is 7.16. The van der Waals surface area contributed by atoms with Crippen molar-refractivity contribution in [2.24, 2.45) is 5.92 Å². The maximum Gasteiger partial charge on any atom is 0.151 e. The number of hydrogen-bond acceptors (Lipinski definition) is 4. The van der Waals surface area contributed by atoms with Crippen molar-refractivity contribution >= 4 is 9.84 Å². The zero-order valence-electron chi connectivity index (χ0n) is 14.6. The van der Waals surface area contributed by atoms with Gasteiger partial charge < -0.3 is 0 Å². The number of rotatable bonds is 4. The lowest BCUT2D eigenvalue weighted by molar-refractivity contribution is 0.529. The van der Waals surface area contributed by atoms with Crippen molar-refractivity contribution in [3.05, 3.63) is 41.5 Å². The third-order valence-corrected chi connectivity index (χ3v) is 6.15. The lowest BCUT2D eigenvalue weighted by atomic mass is 10.0. The number of aryl methyl sites for hydroxylation is 1. The van der Waals surface area contributed by atoms with E-state index in [1.165, 1.54) is 5.56 Å². The second kappa shape index (κ2) is 6.67. The average molecular weight is 347 g/mol. The van der Waals surface area contributed by atoms with Crippen LogP contribution in [0, 0.1) is 12.8 Å².